The highest BCUT2D eigenvalue weighted by Crippen LogP contribution is 2.41. The minimum absolute atomic E-state index is 0.0133. The summed E-state index contributed by atoms with van der Waals surface area (Å²) in [7, 11) is 0. The number of rotatable bonds is 6. The predicted molar refractivity (Wildman–Crippen MR) is 123 cm³/mol. The number of piperidine rings is 1. The van der Waals surface area contributed by atoms with Crippen molar-refractivity contribution in [2.45, 2.75) is 57.2 Å². The summed E-state index contributed by atoms with van der Waals surface area (Å²) in [6, 6.07) is 5.65. The van der Waals surface area contributed by atoms with Gasteiger partial charge in [-0.3, -0.25) is 9.59 Å². The number of likely N-dealkylation sites (tertiary alicyclic amines) is 1. The number of nitriles is 1. The highest BCUT2D eigenvalue weighted by atomic mass is 19.4. The number of benzene rings is 1. The SMILES string of the molecule is N#Cc1ccc(N2C[C@@H](C(=O)NC3CC3)[C@H](C3CCN(C(=O)CC4CC4)CC3)C2)cc1C(F)(F)F. The van der Waals surface area contributed by atoms with Crippen LogP contribution in [0.5, 0.6) is 0 Å². The Morgan fingerprint density at radius 2 is 1.77 bits per heavy atom. The second-order valence-electron chi connectivity index (χ2n) is 10.7. The van der Waals surface area contributed by atoms with Crippen molar-refractivity contribution in [2.75, 3.05) is 31.1 Å². The zero-order valence-corrected chi connectivity index (χ0v) is 19.7. The smallest absolute Gasteiger partial charge is 0.370 e. The summed E-state index contributed by atoms with van der Waals surface area (Å²) in [6.07, 6.45) is 1.86. The maximum absolute atomic E-state index is 13.5. The summed E-state index contributed by atoms with van der Waals surface area (Å²) in [4.78, 5) is 29.5. The van der Waals surface area contributed by atoms with Crippen molar-refractivity contribution in [1.29, 1.82) is 5.26 Å². The molecule has 2 aliphatic carbocycles. The summed E-state index contributed by atoms with van der Waals surface area (Å²) in [5.41, 5.74) is -0.953. The monoisotopic (exact) mass is 488 g/mol. The van der Waals surface area contributed by atoms with Crippen LogP contribution in [0, 0.1) is 35.0 Å². The molecule has 1 aromatic rings. The van der Waals surface area contributed by atoms with E-state index >= 15 is 0 Å². The van der Waals surface area contributed by atoms with Crippen LogP contribution in [0.15, 0.2) is 18.2 Å². The lowest BCUT2D eigenvalue weighted by atomic mass is 9.78. The van der Waals surface area contributed by atoms with Crippen LogP contribution in [0.25, 0.3) is 0 Å². The van der Waals surface area contributed by atoms with Crippen LogP contribution < -0.4 is 10.2 Å². The van der Waals surface area contributed by atoms with Gasteiger partial charge in [0.2, 0.25) is 11.8 Å². The number of hydrogen-bond donors (Lipinski definition) is 1. The maximum Gasteiger partial charge on any atom is 0.417 e. The van der Waals surface area contributed by atoms with Crippen molar-refractivity contribution < 1.29 is 22.8 Å². The number of carbonyl (C=O) groups is 2. The van der Waals surface area contributed by atoms with E-state index in [0.717, 1.165) is 44.6 Å². The second-order valence-corrected chi connectivity index (χ2v) is 10.7. The highest BCUT2D eigenvalue weighted by molar-refractivity contribution is 5.81. The number of alkyl halides is 3. The number of carbonyl (C=O) groups excluding carboxylic acids is 2. The van der Waals surface area contributed by atoms with E-state index in [9.17, 15) is 22.8 Å². The Morgan fingerprint density at radius 3 is 2.37 bits per heavy atom. The normalized spacial score (nSPS) is 25.4. The third kappa shape index (κ3) is 5.41. The van der Waals surface area contributed by atoms with Gasteiger partial charge in [0.25, 0.3) is 0 Å². The lowest BCUT2D eigenvalue weighted by Gasteiger charge is -2.36. The Kier molecular flexibility index (Phi) is 6.41. The molecule has 6 nitrogen and oxygen atoms in total. The highest BCUT2D eigenvalue weighted by Gasteiger charge is 2.44. The fourth-order valence-electron chi connectivity index (χ4n) is 5.67. The van der Waals surface area contributed by atoms with Crippen molar-refractivity contribution in [3.63, 3.8) is 0 Å². The molecule has 4 aliphatic rings. The standard InChI is InChI=1S/C26H31F3N4O2/c27-26(28,29)23-12-20(6-3-18(23)13-30)33-14-21(22(15-33)25(35)31-19-4-5-19)17-7-9-32(10-8-17)24(34)11-16-1-2-16/h3,6,12,16-17,19,21-22H,1-2,4-5,7-11,14-15H2,(H,31,35)/t21-,22+/m0/s1. The molecule has 2 saturated heterocycles. The number of nitrogens with zero attached hydrogens (tertiary/aromatic N) is 3. The average molecular weight is 489 g/mol. The Bertz CT molecular complexity index is 1020. The molecule has 2 atom stereocenters. The van der Waals surface area contributed by atoms with Gasteiger partial charge in [-0.05, 0) is 74.5 Å². The molecule has 9 heteroatoms. The van der Waals surface area contributed by atoms with E-state index < -0.39 is 17.3 Å². The molecule has 4 fully saturated rings. The largest absolute Gasteiger partial charge is 0.417 e. The third-order valence-electron chi connectivity index (χ3n) is 8.08. The number of amides is 2. The first kappa shape index (κ1) is 24.0. The molecule has 0 aromatic heterocycles. The quantitative estimate of drug-likeness (QED) is 0.658. The van der Waals surface area contributed by atoms with Crippen LogP contribution in [0.4, 0.5) is 18.9 Å². The van der Waals surface area contributed by atoms with Crippen LogP contribution in [0.2, 0.25) is 0 Å². The van der Waals surface area contributed by atoms with Gasteiger partial charge in [-0.1, -0.05) is 0 Å². The summed E-state index contributed by atoms with van der Waals surface area (Å²) >= 11 is 0. The van der Waals surface area contributed by atoms with E-state index in [1.54, 1.807) is 12.1 Å². The van der Waals surface area contributed by atoms with Gasteiger partial charge in [0.15, 0.2) is 0 Å². The second kappa shape index (κ2) is 9.36. The van der Waals surface area contributed by atoms with Gasteiger partial charge in [0.05, 0.1) is 23.1 Å². The van der Waals surface area contributed by atoms with Gasteiger partial charge in [0, 0.05) is 44.3 Å². The summed E-state index contributed by atoms with van der Waals surface area (Å²) in [5, 5.41) is 12.2. The molecule has 188 valence electrons. The molecule has 35 heavy (non-hydrogen) atoms. The fourth-order valence-corrected chi connectivity index (χ4v) is 5.67. The van der Waals surface area contributed by atoms with Gasteiger partial charge in [-0.2, -0.15) is 18.4 Å². The van der Waals surface area contributed by atoms with Crippen molar-refractivity contribution >= 4 is 17.5 Å². The minimum Gasteiger partial charge on any atom is -0.370 e. The van der Waals surface area contributed by atoms with Crippen molar-refractivity contribution in [2.24, 2.45) is 23.7 Å². The number of halogens is 3. The predicted octanol–water partition coefficient (Wildman–Crippen LogP) is 3.95. The van der Waals surface area contributed by atoms with E-state index in [0.29, 0.717) is 44.2 Å². The molecular formula is C26H31F3N4O2. The van der Waals surface area contributed by atoms with Gasteiger partial charge in [-0.25, -0.2) is 0 Å². The van der Waals surface area contributed by atoms with Crippen molar-refractivity contribution in [3.05, 3.63) is 29.3 Å². The van der Waals surface area contributed by atoms with Crippen LogP contribution in [-0.4, -0.2) is 48.9 Å². The molecule has 0 unspecified atom stereocenters. The zero-order chi connectivity index (χ0) is 24.7. The molecule has 2 aliphatic heterocycles. The minimum atomic E-state index is -4.62. The van der Waals surface area contributed by atoms with E-state index in [1.807, 2.05) is 9.80 Å². The lowest BCUT2D eigenvalue weighted by molar-refractivity contribution is -0.137. The van der Waals surface area contributed by atoms with Gasteiger partial charge in [0.1, 0.15) is 0 Å². The van der Waals surface area contributed by atoms with E-state index in [-0.39, 0.29) is 35.6 Å². The van der Waals surface area contributed by atoms with E-state index in [1.165, 1.54) is 6.07 Å². The Hall–Kier alpha value is -2.76. The third-order valence-corrected chi connectivity index (χ3v) is 8.08. The molecular weight excluding hydrogens is 457 g/mol. The molecule has 0 spiro atoms. The summed E-state index contributed by atoms with van der Waals surface area (Å²) in [5.74, 6) is 0.698. The summed E-state index contributed by atoms with van der Waals surface area (Å²) < 4.78 is 40.6. The van der Waals surface area contributed by atoms with Crippen LogP contribution in [0.3, 0.4) is 0 Å². The first-order valence-corrected chi connectivity index (χ1v) is 12.7. The average Bonchev–Trinajstić information content (AvgIpc) is 3.77. The first-order valence-electron chi connectivity index (χ1n) is 12.7. The maximum atomic E-state index is 13.5. The molecule has 1 aromatic carbocycles. The fraction of sp³-hybridized carbons (Fsp3) is 0.654. The van der Waals surface area contributed by atoms with E-state index in [4.69, 9.17) is 5.26 Å². The Balaban J connectivity index is 1.31. The molecule has 2 amide bonds. The van der Waals surface area contributed by atoms with Gasteiger partial charge in [-0.15, -0.1) is 0 Å². The number of hydrogen-bond acceptors (Lipinski definition) is 4. The molecule has 0 radical (unpaired) electrons. The van der Waals surface area contributed by atoms with Gasteiger partial charge >= 0.3 is 6.18 Å². The topological polar surface area (TPSA) is 76.4 Å². The first-order chi connectivity index (χ1) is 16.7. The molecule has 5 rings (SSSR count). The van der Waals surface area contributed by atoms with Gasteiger partial charge < -0.3 is 15.1 Å². The van der Waals surface area contributed by atoms with E-state index in [2.05, 4.69) is 5.32 Å². The molecule has 2 heterocycles. The number of nitrogens with one attached hydrogen (secondary N) is 1. The zero-order valence-electron chi connectivity index (χ0n) is 19.7. The van der Waals surface area contributed by atoms with Crippen molar-refractivity contribution in [3.8, 4) is 6.07 Å². The molecule has 0 bridgehead atoms. The lowest BCUT2D eigenvalue weighted by Crippen LogP contribution is -2.43. The van der Waals surface area contributed by atoms with Crippen LogP contribution in [-0.2, 0) is 15.8 Å². The summed E-state index contributed by atoms with van der Waals surface area (Å²) in [6.45, 7) is 2.21. The Labute approximate surface area is 203 Å². The van der Waals surface area contributed by atoms with Crippen LogP contribution >= 0.6 is 0 Å². The number of anilines is 1. The van der Waals surface area contributed by atoms with Crippen molar-refractivity contribution in [1.82, 2.24) is 10.2 Å². The molecule has 1 N–H and O–H groups in total. The Morgan fingerprint density at radius 1 is 1.06 bits per heavy atom. The van der Waals surface area contributed by atoms with Crippen LogP contribution in [0.1, 0.15) is 56.1 Å². The molecule has 2 saturated carbocycles.